The third-order valence-corrected chi connectivity index (χ3v) is 6.30. The molecular weight excluding hydrogens is 472 g/mol. The number of hydrogen-bond donors (Lipinski definition) is 2. The van der Waals surface area contributed by atoms with Gasteiger partial charge in [-0.2, -0.15) is 18.3 Å². The van der Waals surface area contributed by atoms with Crippen LogP contribution in [0.25, 0.3) is 11.1 Å². The fourth-order valence-corrected chi connectivity index (χ4v) is 4.49. The molecule has 1 amide bonds. The summed E-state index contributed by atoms with van der Waals surface area (Å²) < 4.78 is 55.9. The van der Waals surface area contributed by atoms with Crippen LogP contribution in [0, 0.1) is 5.82 Å². The van der Waals surface area contributed by atoms with Gasteiger partial charge in [-0.15, -0.1) is 0 Å². The molecule has 36 heavy (non-hydrogen) atoms. The zero-order valence-electron chi connectivity index (χ0n) is 19.0. The van der Waals surface area contributed by atoms with Crippen molar-refractivity contribution in [2.45, 2.75) is 31.2 Å². The molecule has 5 rings (SSSR count). The Labute approximate surface area is 204 Å². The number of fused-ring (bicyclic) bond motifs is 1. The highest BCUT2D eigenvalue weighted by atomic mass is 19.4. The molecule has 0 fully saturated rings. The fraction of sp³-hybridized carbons (Fsp3) is 0.185. The molecule has 1 aromatic heterocycles. The molecule has 0 radical (unpaired) electrons. The fourth-order valence-electron chi connectivity index (χ4n) is 4.49. The first-order valence-corrected chi connectivity index (χ1v) is 11.4. The highest BCUT2D eigenvalue weighted by molar-refractivity contribution is 5.99. The van der Waals surface area contributed by atoms with Crippen LogP contribution < -0.4 is 10.6 Å². The van der Waals surface area contributed by atoms with Crippen molar-refractivity contribution in [2.24, 2.45) is 0 Å². The summed E-state index contributed by atoms with van der Waals surface area (Å²) in [4.78, 5) is 13.1. The van der Waals surface area contributed by atoms with Crippen molar-refractivity contribution in [3.63, 3.8) is 0 Å². The molecule has 184 valence electrons. The van der Waals surface area contributed by atoms with E-state index in [1.165, 1.54) is 12.1 Å². The summed E-state index contributed by atoms with van der Waals surface area (Å²) >= 11 is 0. The van der Waals surface area contributed by atoms with Crippen molar-refractivity contribution in [2.75, 3.05) is 5.32 Å². The van der Waals surface area contributed by atoms with Crippen LogP contribution in [-0.4, -0.2) is 21.9 Å². The minimum absolute atomic E-state index is 0.0294. The SMILES string of the molecule is O=C(NCc1ccccc1-c1ccc(F)cc1)c1cnn2c1NC(c1ccccc1)CC2C(F)(F)F. The van der Waals surface area contributed by atoms with E-state index in [2.05, 4.69) is 15.7 Å². The number of anilines is 1. The van der Waals surface area contributed by atoms with Crippen molar-refractivity contribution in [1.82, 2.24) is 15.1 Å². The lowest BCUT2D eigenvalue weighted by atomic mass is 9.96. The quantitative estimate of drug-likeness (QED) is 0.321. The third-order valence-electron chi connectivity index (χ3n) is 6.30. The molecule has 5 nitrogen and oxygen atoms in total. The van der Waals surface area contributed by atoms with Gasteiger partial charge in [0.1, 0.15) is 17.2 Å². The second-order valence-electron chi connectivity index (χ2n) is 8.60. The number of carbonyl (C=O) groups is 1. The number of aromatic nitrogens is 2. The number of amides is 1. The smallest absolute Gasteiger partial charge is 0.363 e. The van der Waals surface area contributed by atoms with E-state index in [0.29, 0.717) is 5.56 Å². The predicted octanol–water partition coefficient (Wildman–Crippen LogP) is 6.28. The van der Waals surface area contributed by atoms with Gasteiger partial charge in [0.05, 0.1) is 12.2 Å². The van der Waals surface area contributed by atoms with Crippen molar-refractivity contribution in [3.8, 4) is 11.1 Å². The van der Waals surface area contributed by atoms with Crippen LogP contribution in [0.1, 0.15) is 40.0 Å². The van der Waals surface area contributed by atoms with Gasteiger partial charge in [-0.25, -0.2) is 9.07 Å². The van der Waals surface area contributed by atoms with Gasteiger partial charge in [0.15, 0.2) is 6.04 Å². The van der Waals surface area contributed by atoms with Gasteiger partial charge < -0.3 is 10.6 Å². The maximum absolute atomic E-state index is 13.9. The molecule has 0 saturated heterocycles. The number of nitrogens with zero attached hydrogens (tertiary/aromatic N) is 2. The van der Waals surface area contributed by atoms with Crippen molar-refractivity contribution < 1.29 is 22.4 Å². The van der Waals surface area contributed by atoms with Crippen molar-refractivity contribution in [3.05, 3.63) is 108 Å². The molecule has 2 atom stereocenters. The number of hydrogen-bond acceptors (Lipinski definition) is 3. The second kappa shape index (κ2) is 9.49. The van der Waals surface area contributed by atoms with Gasteiger partial charge in [-0.3, -0.25) is 4.79 Å². The molecular formula is C27H22F4N4O. The Kier molecular flexibility index (Phi) is 6.22. The van der Waals surface area contributed by atoms with E-state index in [1.54, 1.807) is 42.5 Å². The first-order valence-electron chi connectivity index (χ1n) is 11.4. The largest absolute Gasteiger partial charge is 0.410 e. The molecule has 2 heterocycles. The topological polar surface area (TPSA) is 59.0 Å². The molecule has 3 aromatic carbocycles. The van der Waals surface area contributed by atoms with Crippen LogP contribution in [0.5, 0.6) is 0 Å². The summed E-state index contributed by atoms with van der Waals surface area (Å²) in [7, 11) is 0. The Balaban J connectivity index is 1.40. The maximum Gasteiger partial charge on any atom is 0.410 e. The summed E-state index contributed by atoms with van der Waals surface area (Å²) in [5.41, 5.74) is 3.10. The summed E-state index contributed by atoms with van der Waals surface area (Å²) in [5, 5.41) is 9.80. The van der Waals surface area contributed by atoms with Gasteiger partial charge in [0, 0.05) is 13.0 Å². The number of alkyl halides is 3. The lowest BCUT2D eigenvalue weighted by Crippen LogP contribution is -2.36. The molecule has 2 unspecified atom stereocenters. The molecule has 0 aliphatic carbocycles. The molecule has 9 heteroatoms. The monoisotopic (exact) mass is 494 g/mol. The highest BCUT2D eigenvalue weighted by Crippen LogP contribution is 2.44. The second-order valence-corrected chi connectivity index (χ2v) is 8.60. The van der Waals surface area contributed by atoms with Gasteiger partial charge in [0.2, 0.25) is 0 Å². The van der Waals surface area contributed by atoms with E-state index in [0.717, 1.165) is 27.6 Å². The summed E-state index contributed by atoms with van der Waals surface area (Å²) in [6.45, 7) is 0.127. The molecule has 2 N–H and O–H groups in total. The Hall–Kier alpha value is -4.14. The van der Waals surface area contributed by atoms with Crippen LogP contribution in [0.4, 0.5) is 23.4 Å². The Morgan fingerprint density at radius 3 is 2.42 bits per heavy atom. The third kappa shape index (κ3) is 4.68. The van der Waals surface area contributed by atoms with E-state index in [4.69, 9.17) is 0 Å². The lowest BCUT2D eigenvalue weighted by Gasteiger charge is -2.34. The Morgan fingerprint density at radius 1 is 1.00 bits per heavy atom. The standard InChI is InChI=1S/C27H22F4N4O/c28-20-12-10-17(11-13-20)21-9-5-4-8-19(21)15-32-26(36)22-16-33-35-24(27(29,30)31)14-23(34-25(22)35)18-6-2-1-3-7-18/h1-13,16,23-24,34H,14-15H2,(H,32,36). The zero-order chi connectivity index (χ0) is 25.3. The lowest BCUT2D eigenvalue weighted by molar-refractivity contribution is -0.173. The molecule has 0 bridgehead atoms. The van der Waals surface area contributed by atoms with Gasteiger partial charge in [-0.1, -0.05) is 66.7 Å². The Morgan fingerprint density at radius 2 is 1.69 bits per heavy atom. The van der Waals surface area contributed by atoms with E-state index >= 15 is 0 Å². The highest BCUT2D eigenvalue weighted by Gasteiger charge is 2.47. The summed E-state index contributed by atoms with van der Waals surface area (Å²) in [6.07, 6.45) is -3.61. The minimum Gasteiger partial charge on any atom is -0.363 e. The van der Waals surface area contributed by atoms with E-state index in [1.807, 2.05) is 24.3 Å². The van der Waals surface area contributed by atoms with Crippen LogP contribution in [-0.2, 0) is 6.54 Å². The molecule has 0 saturated carbocycles. The molecule has 1 aliphatic rings. The van der Waals surface area contributed by atoms with Crippen LogP contribution in [0.3, 0.4) is 0 Å². The maximum atomic E-state index is 13.9. The molecule has 0 spiro atoms. The normalized spacial score (nSPS) is 17.2. The summed E-state index contributed by atoms with van der Waals surface area (Å²) in [5.74, 6) is -0.872. The first kappa shape index (κ1) is 23.6. The van der Waals surface area contributed by atoms with Crippen molar-refractivity contribution in [1.29, 1.82) is 0 Å². The van der Waals surface area contributed by atoms with E-state index in [-0.39, 0.29) is 30.2 Å². The molecule has 1 aliphatic heterocycles. The van der Waals surface area contributed by atoms with E-state index in [9.17, 15) is 22.4 Å². The summed E-state index contributed by atoms with van der Waals surface area (Å²) in [6, 6.07) is 19.7. The number of carbonyl (C=O) groups excluding carboxylic acids is 1. The predicted molar refractivity (Wildman–Crippen MR) is 128 cm³/mol. The van der Waals surface area contributed by atoms with Crippen molar-refractivity contribution >= 4 is 11.7 Å². The average molecular weight is 494 g/mol. The van der Waals surface area contributed by atoms with Crippen LogP contribution in [0.2, 0.25) is 0 Å². The molecule has 4 aromatic rings. The van der Waals surface area contributed by atoms with Gasteiger partial charge in [0.25, 0.3) is 5.91 Å². The number of nitrogens with one attached hydrogen (secondary N) is 2. The first-order chi connectivity index (χ1) is 17.3. The Bertz CT molecular complexity index is 1370. The van der Waals surface area contributed by atoms with E-state index < -0.39 is 24.2 Å². The van der Waals surface area contributed by atoms with Gasteiger partial charge in [-0.05, 0) is 34.4 Å². The average Bonchev–Trinajstić information content (AvgIpc) is 3.31. The number of halogens is 4. The van der Waals surface area contributed by atoms with Gasteiger partial charge >= 0.3 is 6.18 Å². The zero-order valence-corrected chi connectivity index (χ0v) is 19.0. The minimum atomic E-state index is -4.53. The number of benzene rings is 3. The van der Waals surface area contributed by atoms with Crippen LogP contribution in [0.15, 0.2) is 85.1 Å². The number of rotatable bonds is 5. The van der Waals surface area contributed by atoms with Crippen LogP contribution >= 0.6 is 0 Å².